The van der Waals surface area contributed by atoms with Gasteiger partial charge < -0.3 is 5.73 Å². The predicted octanol–water partition coefficient (Wildman–Crippen LogP) is 1.65. The van der Waals surface area contributed by atoms with E-state index in [1.165, 1.54) is 0 Å². The van der Waals surface area contributed by atoms with E-state index >= 15 is 0 Å². The molecule has 2 N–H and O–H groups in total. The molecule has 0 fully saturated rings. The van der Waals surface area contributed by atoms with Crippen molar-refractivity contribution in [2.45, 2.75) is 26.2 Å². The number of nitrogens with two attached hydrogens (primary N) is 1. The van der Waals surface area contributed by atoms with Crippen molar-refractivity contribution in [1.29, 1.82) is 0 Å². The van der Waals surface area contributed by atoms with Crippen LogP contribution in [0.15, 0.2) is 24.3 Å². The number of carbonyl (C=O) groups excluding carboxylic acids is 2. The van der Waals surface area contributed by atoms with Crippen molar-refractivity contribution in [1.82, 2.24) is 0 Å². The first kappa shape index (κ1) is 11.4. The molecule has 80 valence electrons. The Morgan fingerprint density at radius 1 is 1.13 bits per heavy atom. The summed E-state index contributed by atoms with van der Waals surface area (Å²) >= 11 is 0. The van der Waals surface area contributed by atoms with Gasteiger partial charge in [-0.2, -0.15) is 0 Å². The molecule has 0 radical (unpaired) electrons. The summed E-state index contributed by atoms with van der Waals surface area (Å²) < 4.78 is 0. The first-order valence-electron chi connectivity index (χ1n) is 4.77. The third-order valence-corrected chi connectivity index (χ3v) is 2.20. The summed E-state index contributed by atoms with van der Waals surface area (Å²) in [5.41, 5.74) is 6.05. The van der Waals surface area contributed by atoms with Gasteiger partial charge in [-0.1, -0.05) is 45.0 Å². The van der Waals surface area contributed by atoms with E-state index < -0.39 is 11.7 Å². The van der Waals surface area contributed by atoms with Crippen molar-refractivity contribution >= 4 is 11.7 Å². The molecule has 0 saturated carbocycles. The normalized spacial score (nSPS) is 11.1. The van der Waals surface area contributed by atoms with E-state index in [0.717, 1.165) is 5.56 Å². The monoisotopic (exact) mass is 205 g/mol. The highest BCUT2D eigenvalue weighted by Gasteiger charge is 2.23. The fourth-order valence-electron chi connectivity index (χ4n) is 1.47. The van der Waals surface area contributed by atoms with Crippen LogP contribution < -0.4 is 5.73 Å². The van der Waals surface area contributed by atoms with Crippen LogP contribution in [0, 0.1) is 0 Å². The second-order valence-corrected chi connectivity index (χ2v) is 4.49. The minimum Gasteiger partial charge on any atom is -0.363 e. The van der Waals surface area contributed by atoms with E-state index in [1.807, 2.05) is 32.9 Å². The zero-order chi connectivity index (χ0) is 11.6. The van der Waals surface area contributed by atoms with Crippen LogP contribution in [0.5, 0.6) is 0 Å². The lowest BCUT2D eigenvalue weighted by Gasteiger charge is -2.21. The molecule has 0 aromatic heterocycles. The Morgan fingerprint density at radius 3 is 2.13 bits per heavy atom. The Hall–Kier alpha value is -1.64. The summed E-state index contributed by atoms with van der Waals surface area (Å²) in [6.07, 6.45) is 0. The highest BCUT2D eigenvalue weighted by atomic mass is 16.2. The number of hydrogen-bond donors (Lipinski definition) is 1. The van der Waals surface area contributed by atoms with Crippen LogP contribution in [-0.4, -0.2) is 11.7 Å². The molecule has 0 saturated heterocycles. The summed E-state index contributed by atoms with van der Waals surface area (Å²) in [6.45, 7) is 5.96. The van der Waals surface area contributed by atoms with Crippen molar-refractivity contribution < 1.29 is 9.59 Å². The zero-order valence-electron chi connectivity index (χ0n) is 9.20. The zero-order valence-corrected chi connectivity index (χ0v) is 9.20. The lowest BCUT2D eigenvalue weighted by molar-refractivity contribution is -0.114. The van der Waals surface area contributed by atoms with Gasteiger partial charge in [-0.25, -0.2) is 0 Å². The minimum absolute atomic E-state index is 0.179. The van der Waals surface area contributed by atoms with Crippen molar-refractivity contribution in [3.05, 3.63) is 35.4 Å². The topological polar surface area (TPSA) is 60.2 Å². The Kier molecular flexibility index (Phi) is 2.93. The smallest absolute Gasteiger partial charge is 0.289 e. The van der Waals surface area contributed by atoms with Crippen LogP contribution in [0.4, 0.5) is 0 Å². The molecule has 1 aromatic carbocycles. The van der Waals surface area contributed by atoms with Crippen molar-refractivity contribution in [2.24, 2.45) is 5.73 Å². The summed E-state index contributed by atoms with van der Waals surface area (Å²) in [7, 11) is 0. The van der Waals surface area contributed by atoms with Gasteiger partial charge in [0, 0.05) is 5.56 Å². The second kappa shape index (κ2) is 3.85. The average Bonchev–Trinajstić information content (AvgIpc) is 2.15. The molecule has 0 aliphatic heterocycles. The fourth-order valence-corrected chi connectivity index (χ4v) is 1.47. The van der Waals surface area contributed by atoms with Crippen LogP contribution >= 0.6 is 0 Å². The number of amides is 1. The van der Waals surface area contributed by atoms with E-state index in [4.69, 9.17) is 5.73 Å². The van der Waals surface area contributed by atoms with Crippen LogP contribution in [0.2, 0.25) is 0 Å². The molecular formula is C12H15NO2. The van der Waals surface area contributed by atoms with Gasteiger partial charge in [0.1, 0.15) is 0 Å². The van der Waals surface area contributed by atoms with Gasteiger partial charge in [-0.3, -0.25) is 9.59 Å². The first-order valence-corrected chi connectivity index (χ1v) is 4.77. The van der Waals surface area contributed by atoms with Crippen LogP contribution in [0.1, 0.15) is 36.7 Å². The standard InChI is InChI=1S/C12H15NO2/c1-12(2,3)9-7-5-4-6-8(9)10(14)11(13)15/h4-7H,1-3H3,(H2,13,15). The molecule has 0 aliphatic rings. The molecule has 1 rings (SSSR count). The highest BCUT2D eigenvalue weighted by Crippen LogP contribution is 2.25. The molecule has 3 heteroatoms. The maximum absolute atomic E-state index is 11.5. The predicted molar refractivity (Wildman–Crippen MR) is 58.7 cm³/mol. The molecule has 3 nitrogen and oxygen atoms in total. The van der Waals surface area contributed by atoms with Gasteiger partial charge in [0.2, 0.25) is 5.78 Å². The minimum atomic E-state index is -0.910. The maximum Gasteiger partial charge on any atom is 0.289 e. The molecule has 0 bridgehead atoms. The maximum atomic E-state index is 11.5. The van der Waals surface area contributed by atoms with Gasteiger partial charge in [-0.15, -0.1) is 0 Å². The lowest BCUT2D eigenvalue weighted by Crippen LogP contribution is -2.26. The molecule has 0 aliphatic carbocycles. The van der Waals surface area contributed by atoms with Gasteiger partial charge in [-0.05, 0) is 11.0 Å². The van der Waals surface area contributed by atoms with Crippen LogP contribution in [-0.2, 0) is 10.2 Å². The van der Waals surface area contributed by atoms with Gasteiger partial charge in [0.05, 0.1) is 0 Å². The largest absolute Gasteiger partial charge is 0.363 e. The average molecular weight is 205 g/mol. The van der Waals surface area contributed by atoms with Gasteiger partial charge in [0.25, 0.3) is 5.91 Å². The quantitative estimate of drug-likeness (QED) is 0.589. The van der Waals surface area contributed by atoms with E-state index in [-0.39, 0.29) is 5.41 Å². The third-order valence-electron chi connectivity index (χ3n) is 2.20. The molecule has 0 unspecified atom stereocenters. The SMILES string of the molecule is CC(C)(C)c1ccccc1C(=O)C(N)=O. The molecule has 1 amide bonds. The molecule has 1 aromatic rings. The number of hydrogen-bond acceptors (Lipinski definition) is 2. The van der Waals surface area contributed by atoms with Crippen molar-refractivity contribution in [2.75, 3.05) is 0 Å². The van der Waals surface area contributed by atoms with E-state index in [2.05, 4.69) is 0 Å². The Bertz CT molecular complexity index is 402. The van der Waals surface area contributed by atoms with Gasteiger partial charge >= 0.3 is 0 Å². The summed E-state index contributed by atoms with van der Waals surface area (Å²) in [5.74, 6) is -1.53. The van der Waals surface area contributed by atoms with E-state index in [0.29, 0.717) is 5.56 Å². The molecule has 15 heavy (non-hydrogen) atoms. The fraction of sp³-hybridized carbons (Fsp3) is 0.333. The Labute approximate surface area is 89.3 Å². The summed E-state index contributed by atoms with van der Waals surface area (Å²) in [4.78, 5) is 22.4. The number of ketones is 1. The van der Waals surface area contributed by atoms with Crippen molar-refractivity contribution in [3.8, 4) is 0 Å². The molecular weight excluding hydrogens is 190 g/mol. The first-order chi connectivity index (χ1) is 6.84. The number of rotatable bonds is 2. The lowest BCUT2D eigenvalue weighted by atomic mass is 9.82. The Morgan fingerprint density at radius 2 is 1.67 bits per heavy atom. The third kappa shape index (κ3) is 2.43. The summed E-state index contributed by atoms with van der Waals surface area (Å²) in [5, 5.41) is 0. The second-order valence-electron chi connectivity index (χ2n) is 4.49. The summed E-state index contributed by atoms with van der Waals surface area (Å²) in [6, 6.07) is 7.05. The molecule has 0 heterocycles. The van der Waals surface area contributed by atoms with Gasteiger partial charge in [0.15, 0.2) is 0 Å². The number of Topliss-reactive ketones (excluding diaryl/α,β-unsaturated/α-hetero) is 1. The van der Waals surface area contributed by atoms with E-state index in [1.54, 1.807) is 12.1 Å². The molecule has 0 spiro atoms. The number of primary amides is 1. The van der Waals surface area contributed by atoms with Crippen molar-refractivity contribution in [3.63, 3.8) is 0 Å². The number of benzene rings is 1. The highest BCUT2D eigenvalue weighted by molar-refractivity contribution is 6.42. The molecule has 0 atom stereocenters. The van der Waals surface area contributed by atoms with Crippen LogP contribution in [0.25, 0.3) is 0 Å². The van der Waals surface area contributed by atoms with Crippen LogP contribution in [0.3, 0.4) is 0 Å². The number of carbonyl (C=O) groups is 2. The Balaban J connectivity index is 3.31. The van der Waals surface area contributed by atoms with E-state index in [9.17, 15) is 9.59 Å².